The van der Waals surface area contributed by atoms with Crippen molar-refractivity contribution in [3.8, 4) is 16.8 Å². The Morgan fingerprint density at radius 3 is 2.49 bits per heavy atom. The number of nitrogens with zero attached hydrogens (tertiary/aromatic N) is 6. The van der Waals surface area contributed by atoms with Gasteiger partial charge in [0.25, 0.3) is 0 Å². The molecule has 0 bridgehead atoms. The van der Waals surface area contributed by atoms with Crippen molar-refractivity contribution in [3.05, 3.63) is 100 Å². The van der Waals surface area contributed by atoms with Crippen LogP contribution in [0.2, 0.25) is 0 Å². The molecule has 8 heteroatoms. The molecule has 0 radical (unpaired) electrons. The molecule has 5 aromatic rings. The van der Waals surface area contributed by atoms with E-state index in [1.165, 1.54) is 0 Å². The fourth-order valence-corrected chi connectivity index (χ4v) is 5.31. The van der Waals surface area contributed by atoms with Gasteiger partial charge in [-0.15, -0.1) is 0 Å². The summed E-state index contributed by atoms with van der Waals surface area (Å²) in [4.78, 5) is 25.3. The molecule has 0 spiro atoms. The molecule has 0 aliphatic carbocycles. The van der Waals surface area contributed by atoms with Crippen LogP contribution < -0.4 is 5.69 Å². The minimum Gasteiger partial charge on any atom is -0.325 e. The van der Waals surface area contributed by atoms with Crippen LogP contribution in [-0.4, -0.2) is 41.7 Å². The van der Waals surface area contributed by atoms with Crippen LogP contribution in [0, 0.1) is 0 Å². The molecular weight excluding hydrogens is 504 g/mol. The average molecular weight is 529 g/mol. The van der Waals surface area contributed by atoms with Gasteiger partial charge in [-0.25, -0.2) is 14.8 Å². The number of imidazole rings is 2. The molecular formula is C27H25BrN6O. The first kappa shape index (κ1) is 22.0. The lowest BCUT2D eigenvalue weighted by atomic mass is 10.1. The highest BCUT2D eigenvalue weighted by Gasteiger charge is 2.29. The first-order valence-corrected chi connectivity index (χ1v) is 12.5. The molecule has 0 amide bonds. The molecule has 2 aromatic carbocycles. The third kappa shape index (κ3) is 3.92. The number of hydrogen-bond acceptors (Lipinski definition) is 4. The standard InChI is InChI=1S/C27H25BrN6O/c1-31-24(28)16-30-25(31)18-32-15-13-22(17-32)34-26-23(8-5-14-29-26)33(27(34)35)21-11-9-20(10-12-21)19-6-3-2-4-7-19/h2-12,14,16,22H,13,15,17-18H2,1H3. The summed E-state index contributed by atoms with van der Waals surface area (Å²) in [5.74, 6) is 1.00. The van der Waals surface area contributed by atoms with E-state index in [9.17, 15) is 4.79 Å². The van der Waals surface area contributed by atoms with Crippen molar-refractivity contribution in [1.82, 2.24) is 28.6 Å². The third-order valence-electron chi connectivity index (χ3n) is 6.87. The van der Waals surface area contributed by atoms with Crippen LogP contribution in [0.3, 0.4) is 0 Å². The molecule has 1 saturated heterocycles. The number of rotatable bonds is 5. The molecule has 1 fully saturated rings. The lowest BCUT2D eigenvalue weighted by Crippen LogP contribution is -2.29. The highest BCUT2D eigenvalue weighted by molar-refractivity contribution is 9.10. The van der Waals surface area contributed by atoms with Gasteiger partial charge in [0, 0.05) is 26.3 Å². The van der Waals surface area contributed by atoms with E-state index < -0.39 is 0 Å². The number of benzene rings is 2. The minimum atomic E-state index is -0.0438. The number of fused-ring (bicyclic) bond motifs is 1. The van der Waals surface area contributed by atoms with Crippen LogP contribution in [0.5, 0.6) is 0 Å². The van der Waals surface area contributed by atoms with E-state index in [-0.39, 0.29) is 11.7 Å². The van der Waals surface area contributed by atoms with Crippen molar-refractivity contribution >= 4 is 27.1 Å². The van der Waals surface area contributed by atoms with Gasteiger partial charge in [0.1, 0.15) is 10.4 Å². The smallest absolute Gasteiger partial charge is 0.325 e. The molecule has 1 atom stereocenters. The molecule has 35 heavy (non-hydrogen) atoms. The molecule has 1 unspecified atom stereocenters. The van der Waals surface area contributed by atoms with Gasteiger partial charge in [0.15, 0.2) is 5.65 Å². The van der Waals surface area contributed by atoms with Gasteiger partial charge in [-0.3, -0.25) is 14.0 Å². The molecule has 176 valence electrons. The lowest BCUT2D eigenvalue weighted by Gasteiger charge is -2.16. The fourth-order valence-electron chi connectivity index (χ4n) is 5.00. The average Bonchev–Trinajstić information content (AvgIpc) is 3.56. The largest absolute Gasteiger partial charge is 0.335 e. The number of aromatic nitrogens is 5. The van der Waals surface area contributed by atoms with Gasteiger partial charge in [0.05, 0.1) is 30.0 Å². The topological polar surface area (TPSA) is 60.9 Å². The van der Waals surface area contributed by atoms with E-state index in [2.05, 4.69) is 55.1 Å². The number of halogens is 1. The first-order valence-electron chi connectivity index (χ1n) is 11.7. The second-order valence-electron chi connectivity index (χ2n) is 8.98. The Labute approximate surface area is 211 Å². The van der Waals surface area contributed by atoms with Crippen molar-refractivity contribution in [2.75, 3.05) is 13.1 Å². The predicted octanol–water partition coefficient (Wildman–Crippen LogP) is 4.80. The van der Waals surface area contributed by atoms with Crippen LogP contribution in [0.25, 0.3) is 28.0 Å². The second-order valence-corrected chi connectivity index (χ2v) is 9.79. The Hall–Kier alpha value is -3.49. The first-order chi connectivity index (χ1) is 17.1. The number of pyridine rings is 1. The summed E-state index contributed by atoms with van der Waals surface area (Å²) in [7, 11) is 2.01. The van der Waals surface area contributed by atoms with Crippen LogP contribution in [0.15, 0.2) is 88.5 Å². The molecule has 6 rings (SSSR count). The summed E-state index contributed by atoms with van der Waals surface area (Å²) < 4.78 is 6.68. The number of likely N-dealkylation sites (tertiary alicyclic amines) is 1. The molecule has 4 heterocycles. The highest BCUT2D eigenvalue weighted by Crippen LogP contribution is 2.27. The predicted molar refractivity (Wildman–Crippen MR) is 141 cm³/mol. The van der Waals surface area contributed by atoms with Crippen molar-refractivity contribution in [3.63, 3.8) is 0 Å². The normalized spacial score (nSPS) is 16.3. The molecule has 1 aliphatic heterocycles. The van der Waals surface area contributed by atoms with Gasteiger partial charge < -0.3 is 4.57 Å². The summed E-state index contributed by atoms with van der Waals surface area (Å²) in [6.07, 6.45) is 4.49. The fraction of sp³-hybridized carbons (Fsp3) is 0.222. The Balaban J connectivity index is 1.34. The van der Waals surface area contributed by atoms with Crippen molar-refractivity contribution in [2.24, 2.45) is 7.05 Å². The van der Waals surface area contributed by atoms with Gasteiger partial charge in [0.2, 0.25) is 0 Å². The zero-order valence-corrected chi connectivity index (χ0v) is 21.0. The zero-order valence-electron chi connectivity index (χ0n) is 19.4. The van der Waals surface area contributed by atoms with Crippen molar-refractivity contribution < 1.29 is 0 Å². The van der Waals surface area contributed by atoms with Crippen LogP contribution in [0.4, 0.5) is 0 Å². The van der Waals surface area contributed by atoms with E-state index in [1.807, 2.05) is 64.8 Å². The van der Waals surface area contributed by atoms with E-state index in [0.717, 1.165) is 64.5 Å². The maximum absolute atomic E-state index is 13.8. The number of hydrogen-bond donors (Lipinski definition) is 0. The Kier molecular flexibility index (Phi) is 5.62. The molecule has 1 aliphatic rings. The Morgan fingerprint density at radius 1 is 0.971 bits per heavy atom. The van der Waals surface area contributed by atoms with Crippen molar-refractivity contribution in [2.45, 2.75) is 19.0 Å². The Morgan fingerprint density at radius 2 is 1.74 bits per heavy atom. The second kappa shape index (κ2) is 8.94. The van der Waals surface area contributed by atoms with Gasteiger partial charge >= 0.3 is 5.69 Å². The zero-order chi connectivity index (χ0) is 23.9. The van der Waals surface area contributed by atoms with E-state index in [0.29, 0.717) is 0 Å². The van der Waals surface area contributed by atoms with Crippen LogP contribution in [-0.2, 0) is 13.6 Å². The Bertz CT molecular complexity index is 1550. The van der Waals surface area contributed by atoms with E-state index >= 15 is 0 Å². The maximum Gasteiger partial charge on any atom is 0.335 e. The van der Waals surface area contributed by atoms with E-state index in [4.69, 9.17) is 0 Å². The summed E-state index contributed by atoms with van der Waals surface area (Å²) in [5, 5.41) is 0. The summed E-state index contributed by atoms with van der Waals surface area (Å²) >= 11 is 3.52. The van der Waals surface area contributed by atoms with Crippen LogP contribution >= 0.6 is 15.9 Å². The van der Waals surface area contributed by atoms with Gasteiger partial charge in [-0.2, -0.15) is 0 Å². The monoisotopic (exact) mass is 528 g/mol. The minimum absolute atomic E-state index is 0.0438. The molecule has 0 N–H and O–H groups in total. The van der Waals surface area contributed by atoms with Crippen LogP contribution in [0.1, 0.15) is 18.3 Å². The maximum atomic E-state index is 13.8. The van der Waals surface area contributed by atoms with Gasteiger partial charge in [-0.05, 0) is 57.7 Å². The lowest BCUT2D eigenvalue weighted by molar-refractivity contribution is 0.304. The third-order valence-corrected chi connectivity index (χ3v) is 7.61. The van der Waals surface area contributed by atoms with Crippen molar-refractivity contribution in [1.29, 1.82) is 0 Å². The summed E-state index contributed by atoms with van der Waals surface area (Å²) in [6.45, 7) is 2.44. The molecule has 0 saturated carbocycles. The quantitative estimate of drug-likeness (QED) is 0.328. The molecule has 3 aromatic heterocycles. The SMILES string of the molecule is Cn1c(Br)cnc1CN1CCC(n2c(=O)n(-c3ccc(-c4ccccc4)cc3)c3cccnc32)C1. The molecule has 7 nitrogen and oxygen atoms in total. The summed E-state index contributed by atoms with van der Waals surface area (Å²) in [5.41, 5.74) is 4.64. The highest BCUT2D eigenvalue weighted by atomic mass is 79.9. The van der Waals surface area contributed by atoms with Gasteiger partial charge in [-0.1, -0.05) is 42.5 Å². The summed E-state index contributed by atoms with van der Waals surface area (Å²) in [6, 6.07) is 22.4. The van der Waals surface area contributed by atoms with E-state index in [1.54, 1.807) is 10.8 Å².